The van der Waals surface area contributed by atoms with Gasteiger partial charge in [-0.3, -0.25) is 19.3 Å². The standard InChI is InChI=1S/C13H25N3O4/c1-10(17)14-6-7-15-11(18)9-16(13(2,3)4)8-5-12(19)20/h5-9H2,1-4H3,(H,14,17)(H,15,18)(H,19,20). The summed E-state index contributed by atoms with van der Waals surface area (Å²) in [5.41, 5.74) is -0.287. The van der Waals surface area contributed by atoms with Gasteiger partial charge in [0.15, 0.2) is 0 Å². The smallest absolute Gasteiger partial charge is 0.304 e. The highest BCUT2D eigenvalue weighted by Gasteiger charge is 2.23. The molecule has 116 valence electrons. The molecule has 0 aromatic rings. The molecule has 0 aliphatic rings. The molecule has 0 heterocycles. The normalized spacial score (nSPS) is 11.2. The predicted molar refractivity (Wildman–Crippen MR) is 75.3 cm³/mol. The van der Waals surface area contributed by atoms with Gasteiger partial charge in [0.1, 0.15) is 0 Å². The van der Waals surface area contributed by atoms with Crippen molar-refractivity contribution in [2.45, 2.75) is 39.7 Å². The van der Waals surface area contributed by atoms with E-state index in [0.29, 0.717) is 19.6 Å². The van der Waals surface area contributed by atoms with Gasteiger partial charge in [-0.25, -0.2) is 0 Å². The fraction of sp³-hybridized carbons (Fsp3) is 0.769. The molecule has 20 heavy (non-hydrogen) atoms. The lowest BCUT2D eigenvalue weighted by atomic mass is 10.1. The Morgan fingerprint density at radius 2 is 1.65 bits per heavy atom. The number of carbonyl (C=O) groups is 3. The van der Waals surface area contributed by atoms with Gasteiger partial charge in [-0.1, -0.05) is 0 Å². The van der Waals surface area contributed by atoms with Crippen LogP contribution in [0.4, 0.5) is 0 Å². The van der Waals surface area contributed by atoms with E-state index >= 15 is 0 Å². The highest BCUT2D eigenvalue weighted by molar-refractivity contribution is 5.78. The summed E-state index contributed by atoms with van der Waals surface area (Å²) in [5.74, 6) is -1.21. The largest absolute Gasteiger partial charge is 0.481 e. The van der Waals surface area contributed by atoms with Crippen molar-refractivity contribution < 1.29 is 19.5 Å². The molecule has 3 N–H and O–H groups in total. The maximum Gasteiger partial charge on any atom is 0.304 e. The molecule has 0 saturated heterocycles. The Labute approximate surface area is 119 Å². The van der Waals surface area contributed by atoms with Crippen LogP contribution in [0.2, 0.25) is 0 Å². The Balaban J connectivity index is 4.19. The van der Waals surface area contributed by atoms with E-state index < -0.39 is 5.97 Å². The summed E-state index contributed by atoms with van der Waals surface area (Å²) in [5, 5.41) is 14.0. The van der Waals surface area contributed by atoms with Gasteiger partial charge in [0, 0.05) is 32.1 Å². The summed E-state index contributed by atoms with van der Waals surface area (Å²) in [7, 11) is 0. The number of amides is 2. The average molecular weight is 287 g/mol. The van der Waals surface area contributed by atoms with Gasteiger partial charge in [-0.05, 0) is 20.8 Å². The van der Waals surface area contributed by atoms with Crippen LogP contribution in [-0.4, -0.2) is 59.5 Å². The number of nitrogens with zero attached hydrogens (tertiary/aromatic N) is 1. The first-order chi connectivity index (χ1) is 9.12. The van der Waals surface area contributed by atoms with Gasteiger partial charge in [-0.15, -0.1) is 0 Å². The Hall–Kier alpha value is -1.63. The van der Waals surface area contributed by atoms with E-state index in [4.69, 9.17) is 5.11 Å². The third-order valence-corrected chi connectivity index (χ3v) is 2.70. The lowest BCUT2D eigenvalue weighted by Crippen LogP contribution is -2.48. The van der Waals surface area contributed by atoms with Crippen molar-refractivity contribution in [2.75, 3.05) is 26.2 Å². The van der Waals surface area contributed by atoms with Crippen molar-refractivity contribution in [3.63, 3.8) is 0 Å². The van der Waals surface area contributed by atoms with E-state index in [9.17, 15) is 14.4 Å². The minimum atomic E-state index is -0.884. The molecule has 0 fully saturated rings. The summed E-state index contributed by atoms with van der Waals surface area (Å²) < 4.78 is 0. The molecule has 0 rings (SSSR count). The molecule has 0 aliphatic carbocycles. The zero-order valence-corrected chi connectivity index (χ0v) is 12.7. The van der Waals surface area contributed by atoms with Gasteiger partial charge < -0.3 is 15.7 Å². The number of hydrogen-bond acceptors (Lipinski definition) is 4. The summed E-state index contributed by atoms with van der Waals surface area (Å²) in [6.45, 7) is 8.39. The topological polar surface area (TPSA) is 98.7 Å². The van der Waals surface area contributed by atoms with Crippen LogP contribution in [-0.2, 0) is 14.4 Å². The van der Waals surface area contributed by atoms with E-state index in [2.05, 4.69) is 10.6 Å². The predicted octanol–water partition coefficient (Wildman–Crippen LogP) is -0.186. The van der Waals surface area contributed by atoms with Crippen molar-refractivity contribution in [3.05, 3.63) is 0 Å². The molecule has 0 aromatic heterocycles. The van der Waals surface area contributed by atoms with Gasteiger partial charge in [-0.2, -0.15) is 0 Å². The van der Waals surface area contributed by atoms with Crippen LogP contribution in [0.3, 0.4) is 0 Å². The highest BCUT2D eigenvalue weighted by Crippen LogP contribution is 2.13. The molecule has 0 aromatic carbocycles. The SMILES string of the molecule is CC(=O)NCCNC(=O)CN(CCC(=O)O)C(C)(C)C. The van der Waals surface area contributed by atoms with Gasteiger partial charge in [0.25, 0.3) is 0 Å². The second-order valence-corrected chi connectivity index (χ2v) is 5.57. The van der Waals surface area contributed by atoms with Gasteiger partial charge in [0.05, 0.1) is 13.0 Å². The maximum atomic E-state index is 11.8. The number of hydrogen-bond donors (Lipinski definition) is 3. The van der Waals surface area contributed by atoms with Crippen LogP contribution in [0.5, 0.6) is 0 Å². The second-order valence-electron chi connectivity index (χ2n) is 5.57. The number of nitrogens with one attached hydrogen (secondary N) is 2. The minimum Gasteiger partial charge on any atom is -0.481 e. The van der Waals surface area contributed by atoms with E-state index in [1.54, 1.807) is 0 Å². The number of carboxylic acid groups (broad SMARTS) is 1. The Bertz CT molecular complexity index is 350. The molecule has 0 radical (unpaired) electrons. The van der Waals surface area contributed by atoms with Crippen LogP contribution in [0.1, 0.15) is 34.1 Å². The molecule has 0 spiro atoms. The zero-order chi connectivity index (χ0) is 15.8. The van der Waals surface area contributed by atoms with Crippen LogP contribution in [0.25, 0.3) is 0 Å². The van der Waals surface area contributed by atoms with E-state index in [-0.39, 0.29) is 30.3 Å². The number of rotatable bonds is 8. The molecule has 0 atom stereocenters. The Morgan fingerprint density at radius 3 is 2.10 bits per heavy atom. The fourth-order valence-corrected chi connectivity index (χ4v) is 1.55. The lowest BCUT2D eigenvalue weighted by molar-refractivity contribution is -0.138. The zero-order valence-electron chi connectivity index (χ0n) is 12.7. The minimum absolute atomic E-state index is 0.00353. The molecule has 0 saturated carbocycles. The van der Waals surface area contributed by atoms with Crippen molar-refractivity contribution in [1.82, 2.24) is 15.5 Å². The maximum absolute atomic E-state index is 11.8. The van der Waals surface area contributed by atoms with E-state index in [0.717, 1.165) is 0 Å². The van der Waals surface area contributed by atoms with Crippen LogP contribution in [0.15, 0.2) is 0 Å². The van der Waals surface area contributed by atoms with Crippen LogP contribution < -0.4 is 10.6 Å². The van der Waals surface area contributed by atoms with E-state index in [1.807, 2.05) is 25.7 Å². The Kier molecular flexibility index (Phi) is 7.83. The van der Waals surface area contributed by atoms with E-state index in [1.165, 1.54) is 6.92 Å². The molecule has 0 aliphatic heterocycles. The van der Waals surface area contributed by atoms with Crippen molar-refractivity contribution >= 4 is 17.8 Å². The lowest BCUT2D eigenvalue weighted by Gasteiger charge is -2.34. The van der Waals surface area contributed by atoms with Crippen LogP contribution >= 0.6 is 0 Å². The van der Waals surface area contributed by atoms with Crippen LogP contribution in [0, 0.1) is 0 Å². The molecule has 0 bridgehead atoms. The molecule has 0 unspecified atom stereocenters. The second kappa shape index (κ2) is 8.52. The highest BCUT2D eigenvalue weighted by atomic mass is 16.4. The van der Waals surface area contributed by atoms with Crippen molar-refractivity contribution in [3.8, 4) is 0 Å². The fourth-order valence-electron chi connectivity index (χ4n) is 1.55. The third-order valence-electron chi connectivity index (χ3n) is 2.70. The first-order valence-electron chi connectivity index (χ1n) is 6.61. The Morgan fingerprint density at radius 1 is 1.10 bits per heavy atom. The summed E-state index contributed by atoms with van der Waals surface area (Å²) >= 11 is 0. The van der Waals surface area contributed by atoms with Gasteiger partial charge >= 0.3 is 5.97 Å². The van der Waals surface area contributed by atoms with Gasteiger partial charge in [0.2, 0.25) is 11.8 Å². The summed E-state index contributed by atoms with van der Waals surface area (Å²) in [6, 6.07) is 0. The summed E-state index contributed by atoms with van der Waals surface area (Å²) in [4.78, 5) is 34.9. The first-order valence-corrected chi connectivity index (χ1v) is 6.61. The quantitative estimate of drug-likeness (QED) is 0.538. The average Bonchev–Trinajstić information content (AvgIpc) is 2.28. The van der Waals surface area contributed by atoms with Crippen molar-refractivity contribution in [1.29, 1.82) is 0 Å². The molecular weight excluding hydrogens is 262 g/mol. The summed E-state index contributed by atoms with van der Waals surface area (Å²) in [6.07, 6.45) is -0.00353. The first kappa shape index (κ1) is 18.4. The van der Waals surface area contributed by atoms with Crippen molar-refractivity contribution in [2.24, 2.45) is 0 Å². The number of carbonyl (C=O) groups excluding carboxylic acids is 2. The molecule has 7 nitrogen and oxygen atoms in total. The third kappa shape index (κ3) is 9.32. The molecular formula is C13H25N3O4. The molecule has 2 amide bonds. The monoisotopic (exact) mass is 287 g/mol. The number of aliphatic carboxylic acids is 1. The number of carboxylic acids is 1. The molecule has 7 heteroatoms.